The second kappa shape index (κ2) is 26.2. The van der Waals surface area contributed by atoms with E-state index in [-0.39, 0.29) is 48.4 Å². The molecule has 0 aromatic heterocycles. The Morgan fingerprint density at radius 3 is 2.53 bits per heavy atom. The van der Waals surface area contributed by atoms with Crippen molar-refractivity contribution in [2.24, 2.45) is 11.8 Å². The number of likely N-dealkylation sites (tertiary alicyclic amines) is 1. The SMILES string of the molecule is CCC(CC)C1CC(N[C@H]2CC[C@H](NCC3CN(CCOCCOCCOc4cc(C5SCNC5C)ccc4CNC(=O)[C@@H]4C[C@@H](O)CN4C(=O)[C@H](C(C)C)N4Cc5ccccc5C4=O)NN3)C2)N2NCCC2N1. The molecule has 3 amide bonds. The summed E-state index contributed by atoms with van der Waals surface area (Å²) in [6.45, 7) is 17.0. The van der Waals surface area contributed by atoms with Crippen LogP contribution in [0.2, 0.25) is 0 Å². The Balaban J connectivity index is 0.672. The molecule has 11 atom stereocenters. The van der Waals surface area contributed by atoms with Crippen molar-refractivity contribution in [2.45, 2.75) is 165 Å². The zero-order chi connectivity index (χ0) is 51.7. The van der Waals surface area contributed by atoms with Crippen LogP contribution in [0, 0.1) is 11.8 Å². The Hall–Kier alpha value is -3.48. The summed E-state index contributed by atoms with van der Waals surface area (Å²) in [6, 6.07) is 14.1. The molecule has 2 aromatic carbocycles. The number of carbonyl (C=O) groups is 3. The fourth-order valence-electron chi connectivity index (χ4n) is 12.5. The van der Waals surface area contributed by atoms with Gasteiger partial charge in [0, 0.05) is 105 Å². The summed E-state index contributed by atoms with van der Waals surface area (Å²) < 4.78 is 18.2. The maximum atomic E-state index is 14.3. The van der Waals surface area contributed by atoms with E-state index < -0.39 is 18.2 Å². The molecule has 74 heavy (non-hydrogen) atoms. The minimum Gasteiger partial charge on any atom is -0.491 e. The molecular formula is C54H86N12O7S. The highest BCUT2D eigenvalue weighted by atomic mass is 32.2. The average Bonchev–Trinajstić information content (AvgIpc) is 4.28. The third-order valence-corrected chi connectivity index (χ3v) is 17.9. The number of β-amino-alcohol motifs (C(OH)–C–C–N with tert-alkyl or cyclic N) is 1. The van der Waals surface area contributed by atoms with Gasteiger partial charge in [-0.1, -0.05) is 70.9 Å². The molecule has 9 rings (SSSR count). The second-order valence-electron chi connectivity index (χ2n) is 22.0. The Morgan fingerprint density at radius 2 is 1.74 bits per heavy atom. The topological polar surface area (TPSA) is 208 Å². The number of carbonyl (C=O) groups excluding carboxylic acids is 3. The highest BCUT2D eigenvalue weighted by molar-refractivity contribution is 7.99. The van der Waals surface area contributed by atoms with Crippen LogP contribution in [0.4, 0.5) is 0 Å². The van der Waals surface area contributed by atoms with Crippen LogP contribution in [-0.2, 0) is 32.2 Å². The predicted molar refractivity (Wildman–Crippen MR) is 286 cm³/mol. The van der Waals surface area contributed by atoms with Crippen LogP contribution in [-0.4, -0.2) is 175 Å². The van der Waals surface area contributed by atoms with Gasteiger partial charge in [-0.2, -0.15) is 5.53 Å². The third kappa shape index (κ3) is 13.4. The Morgan fingerprint density at radius 1 is 0.946 bits per heavy atom. The fourth-order valence-corrected chi connectivity index (χ4v) is 13.7. The molecule has 1 aliphatic carbocycles. The Kier molecular flexibility index (Phi) is 19.6. The van der Waals surface area contributed by atoms with Crippen LogP contribution in [0.3, 0.4) is 0 Å². The monoisotopic (exact) mass is 1050 g/mol. The second-order valence-corrected chi connectivity index (χ2v) is 23.1. The predicted octanol–water partition coefficient (Wildman–Crippen LogP) is 2.54. The van der Waals surface area contributed by atoms with Gasteiger partial charge in [-0.25, -0.2) is 15.4 Å². The fraction of sp³-hybridized carbons (Fsp3) is 0.722. The summed E-state index contributed by atoms with van der Waals surface area (Å²) in [5, 5.41) is 34.1. The van der Waals surface area contributed by atoms with Crippen LogP contribution >= 0.6 is 11.8 Å². The molecule has 19 nitrogen and oxygen atoms in total. The van der Waals surface area contributed by atoms with Crippen molar-refractivity contribution in [1.29, 1.82) is 0 Å². The first-order valence-electron chi connectivity index (χ1n) is 27.9. The zero-order valence-corrected chi connectivity index (χ0v) is 45.3. The maximum absolute atomic E-state index is 14.3. The lowest BCUT2D eigenvalue weighted by molar-refractivity contribution is -0.143. The van der Waals surface area contributed by atoms with Gasteiger partial charge in [-0.15, -0.1) is 11.8 Å². The van der Waals surface area contributed by atoms with Crippen LogP contribution in [0.5, 0.6) is 5.75 Å². The number of benzene rings is 2. The average molecular weight is 1050 g/mol. The Labute approximate surface area is 443 Å². The number of rotatable bonds is 25. The highest BCUT2D eigenvalue weighted by Crippen LogP contribution is 2.39. The van der Waals surface area contributed by atoms with Crippen LogP contribution in [0.15, 0.2) is 42.5 Å². The highest BCUT2D eigenvalue weighted by Gasteiger charge is 2.46. The summed E-state index contributed by atoms with van der Waals surface area (Å²) in [5.41, 5.74) is 13.8. The van der Waals surface area contributed by atoms with E-state index in [4.69, 9.17) is 14.2 Å². The van der Waals surface area contributed by atoms with Crippen molar-refractivity contribution in [3.8, 4) is 5.75 Å². The smallest absolute Gasteiger partial charge is 0.255 e. The molecule has 6 unspecified atom stereocenters. The van der Waals surface area contributed by atoms with Gasteiger partial charge >= 0.3 is 0 Å². The minimum absolute atomic E-state index is 0.0237. The summed E-state index contributed by atoms with van der Waals surface area (Å²) in [6.07, 6.45) is 8.40. The molecule has 0 spiro atoms. The maximum Gasteiger partial charge on any atom is 0.255 e. The van der Waals surface area contributed by atoms with E-state index in [0.29, 0.717) is 93.4 Å². The minimum atomic E-state index is -0.880. The molecule has 6 fully saturated rings. The number of thioether (sulfide) groups is 1. The standard InChI is InChI=1S/C54H86N12O7S/c1-6-36(7-2)45-27-49(66-48(60-45)16-17-58-66)59-41-15-14-40(25-41)55-29-42-31-63(62-61-42)18-19-71-20-21-72-22-23-73-47-24-37(51-35(5)57-33-74-51)12-13-38(47)28-56-52(68)46-26-43(67)32-64(46)54(70)50(34(3)4)65-30-39-10-8-9-11-44(39)53(65)69/h8-13,24,34-36,40-43,45-46,48-51,55,57-62,67H,6-7,14-23,25-33H2,1-5H3,(H,56,68)/t35?,40-,41-,42?,43+,45?,46-,48?,49?,50-,51?/m0/s1. The first-order valence-corrected chi connectivity index (χ1v) is 29.0. The van der Waals surface area contributed by atoms with E-state index in [9.17, 15) is 19.5 Å². The largest absolute Gasteiger partial charge is 0.491 e. The van der Waals surface area contributed by atoms with Gasteiger partial charge in [0.2, 0.25) is 11.8 Å². The molecule has 1 saturated carbocycles. The van der Waals surface area contributed by atoms with Gasteiger partial charge in [0.1, 0.15) is 24.4 Å². The number of nitrogens with one attached hydrogen (secondary N) is 8. The quantitative estimate of drug-likeness (QED) is 0.0656. The van der Waals surface area contributed by atoms with Crippen molar-refractivity contribution < 1.29 is 33.7 Å². The van der Waals surface area contributed by atoms with Crippen LogP contribution < -0.4 is 47.7 Å². The van der Waals surface area contributed by atoms with E-state index in [0.717, 1.165) is 73.9 Å². The van der Waals surface area contributed by atoms with Crippen molar-refractivity contribution in [2.75, 3.05) is 71.6 Å². The summed E-state index contributed by atoms with van der Waals surface area (Å²) in [5.74, 6) is 1.17. The van der Waals surface area contributed by atoms with Crippen molar-refractivity contribution >= 4 is 29.5 Å². The molecular weight excluding hydrogens is 961 g/mol. The number of nitrogens with zero attached hydrogens (tertiary/aromatic N) is 4. The number of aliphatic hydroxyl groups is 1. The molecule has 0 bridgehead atoms. The third-order valence-electron chi connectivity index (χ3n) is 16.6. The first kappa shape index (κ1) is 55.3. The van der Waals surface area contributed by atoms with Gasteiger partial charge in [0.15, 0.2) is 0 Å². The van der Waals surface area contributed by atoms with E-state index in [2.05, 4.69) is 85.9 Å². The van der Waals surface area contributed by atoms with Gasteiger partial charge in [-0.05, 0) is 74.1 Å². The van der Waals surface area contributed by atoms with Crippen molar-refractivity contribution in [3.05, 3.63) is 64.7 Å². The number of aliphatic hydroxyl groups excluding tert-OH is 1. The summed E-state index contributed by atoms with van der Waals surface area (Å²) >= 11 is 1.85. The van der Waals surface area contributed by atoms with Crippen molar-refractivity contribution in [1.82, 2.24) is 62.8 Å². The Bertz CT molecular complexity index is 2180. The lowest BCUT2D eigenvalue weighted by atomic mass is 9.89. The van der Waals surface area contributed by atoms with E-state index in [1.807, 2.05) is 49.9 Å². The van der Waals surface area contributed by atoms with E-state index >= 15 is 0 Å². The molecule has 9 N–H and O–H groups in total. The number of hydrazine groups is 3. The number of amides is 3. The number of fused-ring (bicyclic) bond motifs is 2. The molecule has 410 valence electrons. The summed E-state index contributed by atoms with van der Waals surface area (Å²) in [7, 11) is 0. The number of ether oxygens (including phenoxy) is 3. The molecule has 2 aromatic rings. The van der Waals surface area contributed by atoms with Crippen molar-refractivity contribution in [3.63, 3.8) is 0 Å². The number of hydrogen-bond donors (Lipinski definition) is 9. The van der Waals surface area contributed by atoms with E-state index in [1.54, 1.807) is 11.0 Å². The molecule has 6 aliphatic heterocycles. The molecule has 0 radical (unpaired) electrons. The van der Waals surface area contributed by atoms with Gasteiger partial charge < -0.3 is 45.1 Å². The van der Waals surface area contributed by atoms with Gasteiger partial charge in [0.05, 0.1) is 44.9 Å². The number of hydrogen-bond acceptors (Lipinski definition) is 17. The summed E-state index contributed by atoms with van der Waals surface area (Å²) in [4.78, 5) is 44.8. The lowest BCUT2D eigenvalue weighted by Crippen LogP contribution is -2.66. The molecule has 20 heteroatoms. The lowest BCUT2D eigenvalue weighted by Gasteiger charge is -2.45. The molecule has 6 heterocycles. The molecule has 7 aliphatic rings. The van der Waals surface area contributed by atoms with Gasteiger partial charge in [-0.3, -0.25) is 30.4 Å². The first-order chi connectivity index (χ1) is 36.0. The normalized spacial score (nSPS) is 29.8. The molecule has 5 saturated heterocycles. The zero-order valence-electron chi connectivity index (χ0n) is 44.5. The van der Waals surface area contributed by atoms with Crippen LogP contribution in [0.25, 0.3) is 0 Å². The van der Waals surface area contributed by atoms with Gasteiger partial charge in [0.25, 0.3) is 5.91 Å². The van der Waals surface area contributed by atoms with E-state index in [1.165, 1.54) is 30.6 Å². The van der Waals surface area contributed by atoms with Crippen LogP contribution in [0.1, 0.15) is 118 Å².